The third-order valence-corrected chi connectivity index (χ3v) is 3.72. The summed E-state index contributed by atoms with van der Waals surface area (Å²) >= 11 is 2.27. The van der Waals surface area contributed by atoms with Gasteiger partial charge in [0, 0.05) is 9.64 Å². The van der Waals surface area contributed by atoms with Crippen LogP contribution in [0.3, 0.4) is 0 Å². The maximum Gasteiger partial charge on any atom is 0.215 e. The Labute approximate surface area is 123 Å². The lowest BCUT2D eigenvalue weighted by molar-refractivity contribution is 0.399. The molecule has 0 amide bonds. The van der Waals surface area contributed by atoms with Gasteiger partial charge in [0.05, 0.1) is 12.8 Å². The fraction of sp³-hybridized carbons (Fsp3) is 0.0769. The van der Waals surface area contributed by atoms with Crippen molar-refractivity contribution in [3.63, 3.8) is 0 Å². The van der Waals surface area contributed by atoms with E-state index in [-0.39, 0.29) is 0 Å². The molecule has 5 nitrogen and oxygen atoms in total. The van der Waals surface area contributed by atoms with Crippen molar-refractivity contribution >= 4 is 39.7 Å². The zero-order valence-corrected chi connectivity index (χ0v) is 12.3. The van der Waals surface area contributed by atoms with Crippen LogP contribution in [0.2, 0.25) is 0 Å². The van der Waals surface area contributed by atoms with E-state index < -0.39 is 0 Å². The van der Waals surface area contributed by atoms with E-state index >= 15 is 0 Å². The maximum absolute atomic E-state index is 6.01. The van der Waals surface area contributed by atoms with Gasteiger partial charge in [0.15, 0.2) is 5.65 Å². The van der Waals surface area contributed by atoms with Gasteiger partial charge in [-0.3, -0.25) is 4.57 Å². The Balaban J connectivity index is 2.34. The summed E-state index contributed by atoms with van der Waals surface area (Å²) < 4.78 is 8.07. The number of imidazole rings is 1. The lowest BCUT2D eigenvalue weighted by Gasteiger charge is -2.08. The molecule has 2 heterocycles. The first kappa shape index (κ1) is 12.2. The van der Waals surface area contributed by atoms with Crippen molar-refractivity contribution in [2.45, 2.75) is 0 Å². The molecule has 3 aromatic rings. The number of methoxy groups -OCH3 is 1. The first-order valence-electron chi connectivity index (χ1n) is 5.64. The number of rotatable bonds is 2. The van der Waals surface area contributed by atoms with Gasteiger partial charge < -0.3 is 10.5 Å². The van der Waals surface area contributed by atoms with Gasteiger partial charge in [-0.2, -0.15) is 4.98 Å². The Bertz CT molecular complexity index is 753. The lowest BCUT2D eigenvalue weighted by Crippen LogP contribution is -2.03. The Kier molecular flexibility index (Phi) is 3.02. The third-order valence-electron chi connectivity index (χ3n) is 2.81. The van der Waals surface area contributed by atoms with Gasteiger partial charge >= 0.3 is 0 Å². The highest BCUT2D eigenvalue weighted by atomic mass is 127. The number of nitrogen functional groups attached to an aromatic ring is 1. The van der Waals surface area contributed by atoms with Crippen LogP contribution >= 0.6 is 22.6 Å². The van der Waals surface area contributed by atoms with Crippen molar-refractivity contribution in [3.8, 4) is 11.6 Å². The van der Waals surface area contributed by atoms with Crippen LogP contribution < -0.4 is 10.5 Å². The number of para-hydroxylation sites is 1. The van der Waals surface area contributed by atoms with Gasteiger partial charge in [0.25, 0.3) is 0 Å². The molecule has 19 heavy (non-hydrogen) atoms. The smallest absolute Gasteiger partial charge is 0.215 e. The summed E-state index contributed by atoms with van der Waals surface area (Å²) in [6.07, 6.45) is 0. The minimum Gasteiger partial charge on any atom is -0.481 e. The first-order chi connectivity index (χ1) is 9.20. The fourth-order valence-electron chi connectivity index (χ4n) is 1.94. The molecule has 0 saturated heterocycles. The molecule has 0 unspecified atom stereocenters. The summed E-state index contributed by atoms with van der Waals surface area (Å²) in [7, 11) is 1.59. The summed E-state index contributed by atoms with van der Waals surface area (Å²) in [6.45, 7) is 0. The lowest BCUT2D eigenvalue weighted by atomic mass is 10.3. The summed E-state index contributed by atoms with van der Waals surface area (Å²) in [4.78, 5) is 8.75. The standard InChI is InChI=1S/C13H11IN4O/c1-19-11-7-6-9-12(17-11)18(13(15)16-9)10-5-3-2-4-8(10)14/h2-7H,1H3,(H2,15,16). The molecule has 3 rings (SSSR count). The van der Waals surface area contributed by atoms with Crippen LogP contribution in [0.15, 0.2) is 36.4 Å². The van der Waals surface area contributed by atoms with Crippen LogP contribution in [0.25, 0.3) is 16.9 Å². The van der Waals surface area contributed by atoms with Crippen LogP contribution in [0, 0.1) is 3.57 Å². The summed E-state index contributed by atoms with van der Waals surface area (Å²) in [5, 5.41) is 0. The van der Waals surface area contributed by atoms with E-state index in [0.717, 1.165) is 14.8 Å². The average molecular weight is 366 g/mol. The molecule has 0 radical (unpaired) electrons. The number of halogens is 1. The highest BCUT2D eigenvalue weighted by Crippen LogP contribution is 2.26. The van der Waals surface area contributed by atoms with Crippen LogP contribution in [0.1, 0.15) is 0 Å². The molecule has 0 atom stereocenters. The highest BCUT2D eigenvalue weighted by Gasteiger charge is 2.14. The molecule has 0 saturated carbocycles. The highest BCUT2D eigenvalue weighted by molar-refractivity contribution is 14.1. The van der Waals surface area contributed by atoms with Crippen LogP contribution in [-0.4, -0.2) is 21.6 Å². The predicted octanol–water partition coefficient (Wildman–Crippen LogP) is 2.62. The van der Waals surface area contributed by atoms with E-state index in [0.29, 0.717) is 17.5 Å². The van der Waals surface area contributed by atoms with Gasteiger partial charge in [-0.25, -0.2) is 4.98 Å². The summed E-state index contributed by atoms with van der Waals surface area (Å²) in [6, 6.07) is 11.6. The van der Waals surface area contributed by atoms with Gasteiger partial charge in [-0.05, 0) is 40.8 Å². The van der Waals surface area contributed by atoms with Gasteiger partial charge in [0.1, 0.15) is 5.52 Å². The molecule has 2 N–H and O–H groups in total. The number of fused-ring (bicyclic) bond motifs is 1. The Morgan fingerprint density at radius 2 is 1.95 bits per heavy atom. The maximum atomic E-state index is 6.01. The molecule has 0 aliphatic carbocycles. The second kappa shape index (κ2) is 4.69. The monoisotopic (exact) mass is 366 g/mol. The molecule has 0 fully saturated rings. The van der Waals surface area contributed by atoms with Crippen molar-refractivity contribution in [2.24, 2.45) is 0 Å². The predicted molar refractivity (Wildman–Crippen MR) is 82.5 cm³/mol. The van der Waals surface area contributed by atoms with E-state index in [1.165, 1.54) is 0 Å². The van der Waals surface area contributed by atoms with Crippen LogP contribution in [0.4, 0.5) is 5.95 Å². The van der Waals surface area contributed by atoms with Crippen molar-refractivity contribution in [1.29, 1.82) is 0 Å². The zero-order chi connectivity index (χ0) is 13.4. The third kappa shape index (κ3) is 2.01. The number of benzene rings is 1. The molecular weight excluding hydrogens is 355 g/mol. The first-order valence-corrected chi connectivity index (χ1v) is 6.72. The zero-order valence-electron chi connectivity index (χ0n) is 10.2. The number of aromatic nitrogens is 3. The number of pyridine rings is 1. The number of anilines is 1. The van der Waals surface area contributed by atoms with Gasteiger partial charge in [0.2, 0.25) is 11.8 Å². The Hall–Kier alpha value is -1.83. The number of hydrogen-bond acceptors (Lipinski definition) is 4. The van der Waals surface area contributed by atoms with Gasteiger partial charge in [-0.15, -0.1) is 0 Å². The van der Waals surface area contributed by atoms with Crippen molar-refractivity contribution < 1.29 is 4.74 Å². The van der Waals surface area contributed by atoms with Gasteiger partial charge in [-0.1, -0.05) is 12.1 Å². The summed E-state index contributed by atoms with van der Waals surface area (Å²) in [5.74, 6) is 0.958. The molecule has 0 aliphatic rings. The number of ether oxygens (including phenoxy) is 1. The van der Waals surface area contributed by atoms with E-state index in [1.54, 1.807) is 13.2 Å². The van der Waals surface area contributed by atoms with E-state index in [9.17, 15) is 0 Å². The Morgan fingerprint density at radius 3 is 2.68 bits per heavy atom. The molecule has 2 aromatic heterocycles. The fourth-order valence-corrected chi connectivity index (χ4v) is 2.57. The molecule has 0 aliphatic heterocycles. The van der Waals surface area contributed by atoms with E-state index in [4.69, 9.17) is 10.5 Å². The second-order valence-corrected chi connectivity index (χ2v) is 5.12. The van der Waals surface area contributed by atoms with Crippen molar-refractivity contribution in [1.82, 2.24) is 14.5 Å². The van der Waals surface area contributed by atoms with E-state index in [2.05, 4.69) is 32.6 Å². The molecular formula is C13H11IN4O. The quantitative estimate of drug-likeness (QED) is 0.709. The largest absolute Gasteiger partial charge is 0.481 e. The number of nitrogens with zero attached hydrogens (tertiary/aromatic N) is 3. The average Bonchev–Trinajstić information content (AvgIpc) is 2.74. The molecule has 1 aromatic carbocycles. The number of hydrogen-bond donors (Lipinski definition) is 1. The summed E-state index contributed by atoms with van der Waals surface area (Å²) in [5.41, 5.74) is 8.42. The molecule has 0 bridgehead atoms. The van der Waals surface area contributed by atoms with E-state index in [1.807, 2.05) is 34.9 Å². The van der Waals surface area contributed by atoms with Crippen molar-refractivity contribution in [2.75, 3.05) is 12.8 Å². The topological polar surface area (TPSA) is 66.0 Å². The second-order valence-electron chi connectivity index (χ2n) is 3.95. The van der Waals surface area contributed by atoms with Crippen LogP contribution in [-0.2, 0) is 0 Å². The molecule has 0 spiro atoms. The Morgan fingerprint density at radius 1 is 1.16 bits per heavy atom. The normalized spacial score (nSPS) is 10.8. The SMILES string of the molecule is COc1ccc2nc(N)n(-c3ccccc3I)c2n1. The van der Waals surface area contributed by atoms with Crippen molar-refractivity contribution in [3.05, 3.63) is 40.0 Å². The molecule has 96 valence electrons. The van der Waals surface area contributed by atoms with Crippen LogP contribution in [0.5, 0.6) is 5.88 Å². The molecule has 6 heteroatoms. The minimum atomic E-state index is 0.417. The minimum absolute atomic E-state index is 0.417. The number of nitrogens with two attached hydrogens (primary N) is 1.